The molecule has 0 atom stereocenters. The maximum atomic E-state index is 12.0. The molecule has 128 valence electrons. The lowest BCUT2D eigenvalue weighted by molar-refractivity contribution is -0.146. The highest BCUT2D eigenvalue weighted by molar-refractivity contribution is 7.90. The van der Waals surface area contributed by atoms with Gasteiger partial charge in [0.05, 0.1) is 10.5 Å². The van der Waals surface area contributed by atoms with Crippen molar-refractivity contribution in [2.24, 2.45) is 0 Å². The topological polar surface area (TPSA) is 102 Å². The average Bonchev–Trinajstić information content (AvgIpc) is 2.42. The molecule has 1 aromatic rings. The van der Waals surface area contributed by atoms with Crippen LogP contribution in [0.2, 0.25) is 0 Å². The van der Waals surface area contributed by atoms with Crippen molar-refractivity contribution in [3.8, 4) is 0 Å². The summed E-state index contributed by atoms with van der Waals surface area (Å²) in [6.45, 7) is 7.10. The molecular formula is C15H22N2O5S. The summed E-state index contributed by atoms with van der Waals surface area (Å²) in [5.41, 5.74) is 2.57. The second-order valence-corrected chi connectivity index (χ2v) is 7.76. The molecule has 1 rings (SSSR count). The van der Waals surface area contributed by atoms with Crippen LogP contribution in [-0.4, -0.2) is 25.8 Å². The number of nitrogens with one attached hydrogen (secondary N) is 2. The van der Waals surface area contributed by atoms with E-state index in [0.29, 0.717) is 0 Å². The molecule has 0 spiro atoms. The number of sulfonamides is 1. The molecule has 0 aliphatic heterocycles. The number of benzene rings is 1. The Kier molecular flexibility index (Phi) is 6.28. The summed E-state index contributed by atoms with van der Waals surface area (Å²) in [4.78, 5) is 28.2. The van der Waals surface area contributed by atoms with E-state index < -0.39 is 27.4 Å². The largest absolute Gasteiger partial charge is 0.274 e. The van der Waals surface area contributed by atoms with E-state index in [0.717, 1.165) is 5.56 Å². The van der Waals surface area contributed by atoms with Gasteiger partial charge < -0.3 is 0 Å². The molecular weight excluding hydrogens is 320 g/mol. The van der Waals surface area contributed by atoms with Gasteiger partial charge in [-0.25, -0.2) is 18.6 Å². The molecule has 2 N–H and O–H groups in total. The fourth-order valence-corrected chi connectivity index (χ4v) is 2.48. The summed E-state index contributed by atoms with van der Waals surface area (Å²) in [7, 11) is -3.92. The Morgan fingerprint density at radius 3 is 2.09 bits per heavy atom. The van der Waals surface area contributed by atoms with Gasteiger partial charge in [0.15, 0.2) is 0 Å². The molecule has 0 saturated carbocycles. The van der Waals surface area contributed by atoms with Gasteiger partial charge in [-0.1, -0.05) is 17.7 Å². The summed E-state index contributed by atoms with van der Waals surface area (Å²) in [5, 5.41) is 0. The Labute approximate surface area is 136 Å². The van der Waals surface area contributed by atoms with E-state index in [-0.39, 0.29) is 17.7 Å². The van der Waals surface area contributed by atoms with Crippen molar-refractivity contribution in [2.45, 2.75) is 51.0 Å². The lowest BCUT2D eigenvalue weighted by Gasteiger charge is -2.18. The minimum atomic E-state index is -3.92. The van der Waals surface area contributed by atoms with Gasteiger partial charge in [-0.3, -0.25) is 14.4 Å². The van der Waals surface area contributed by atoms with E-state index in [1.807, 2.05) is 11.6 Å². The molecule has 1 aromatic carbocycles. The van der Waals surface area contributed by atoms with Gasteiger partial charge in [0, 0.05) is 12.8 Å². The van der Waals surface area contributed by atoms with Crippen LogP contribution in [0.1, 0.15) is 39.2 Å². The molecule has 0 bridgehead atoms. The number of hydroxylamine groups is 1. The van der Waals surface area contributed by atoms with Gasteiger partial charge in [0.25, 0.3) is 10.0 Å². The highest BCUT2D eigenvalue weighted by Crippen LogP contribution is 2.10. The van der Waals surface area contributed by atoms with Crippen molar-refractivity contribution in [1.82, 2.24) is 10.2 Å². The van der Waals surface area contributed by atoms with Crippen LogP contribution < -0.4 is 10.2 Å². The average molecular weight is 342 g/mol. The van der Waals surface area contributed by atoms with E-state index in [9.17, 15) is 18.0 Å². The number of carbonyl (C=O) groups excluding carboxylic acids is 2. The Morgan fingerprint density at radius 2 is 1.57 bits per heavy atom. The first kappa shape index (κ1) is 19.1. The van der Waals surface area contributed by atoms with Crippen molar-refractivity contribution in [1.29, 1.82) is 0 Å². The number of hydrogen-bond donors (Lipinski definition) is 2. The van der Waals surface area contributed by atoms with Gasteiger partial charge in [-0.05, 0) is 39.8 Å². The van der Waals surface area contributed by atoms with Crippen LogP contribution in [0.4, 0.5) is 0 Å². The second-order valence-electron chi connectivity index (χ2n) is 6.08. The molecule has 0 saturated heterocycles. The first-order chi connectivity index (χ1) is 10.5. The van der Waals surface area contributed by atoms with E-state index in [1.165, 1.54) is 12.1 Å². The Hall–Kier alpha value is -1.93. The van der Waals surface area contributed by atoms with Crippen LogP contribution in [0.5, 0.6) is 0 Å². The van der Waals surface area contributed by atoms with Crippen LogP contribution in [0.3, 0.4) is 0 Å². The smallest absolute Gasteiger partial charge is 0.264 e. The zero-order valence-electron chi connectivity index (χ0n) is 13.7. The zero-order chi connectivity index (χ0) is 17.7. The Morgan fingerprint density at radius 1 is 1.04 bits per heavy atom. The zero-order valence-corrected chi connectivity index (χ0v) is 14.5. The number of rotatable bonds is 6. The predicted molar refractivity (Wildman–Crippen MR) is 84.7 cm³/mol. The minimum Gasteiger partial charge on any atom is -0.274 e. The second kappa shape index (κ2) is 7.56. The van der Waals surface area contributed by atoms with Crippen molar-refractivity contribution in [3.63, 3.8) is 0 Å². The van der Waals surface area contributed by atoms with Crippen LogP contribution in [0, 0.1) is 6.92 Å². The molecule has 8 heteroatoms. The van der Waals surface area contributed by atoms with Gasteiger partial charge in [-0.15, -0.1) is 0 Å². The molecule has 2 amide bonds. The fourth-order valence-electron chi connectivity index (χ4n) is 1.47. The van der Waals surface area contributed by atoms with Gasteiger partial charge >= 0.3 is 0 Å². The molecule has 0 aliphatic carbocycles. The predicted octanol–water partition coefficient (Wildman–Crippen LogP) is 1.43. The highest BCUT2D eigenvalue weighted by Gasteiger charge is 2.18. The Balaban J connectivity index is 2.50. The van der Waals surface area contributed by atoms with E-state index in [4.69, 9.17) is 4.84 Å². The molecule has 0 unspecified atom stereocenters. The normalized spacial score (nSPS) is 11.8. The molecule has 0 fully saturated rings. The first-order valence-corrected chi connectivity index (χ1v) is 8.57. The standard InChI is InChI=1S/C15H22N2O5S/c1-11-5-7-12(8-6-11)23(20,21)17-14(19)10-9-13(18)16-22-15(2,3)4/h5-8H,9-10H2,1-4H3,(H,16,18)(H,17,19). The highest BCUT2D eigenvalue weighted by atomic mass is 32.2. The number of carbonyl (C=O) groups is 2. The summed E-state index contributed by atoms with van der Waals surface area (Å²) in [6.07, 6.45) is -0.435. The van der Waals surface area contributed by atoms with Gasteiger partial charge in [-0.2, -0.15) is 0 Å². The summed E-state index contributed by atoms with van der Waals surface area (Å²) in [5.74, 6) is -1.25. The lowest BCUT2D eigenvalue weighted by Crippen LogP contribution is -2.35. The maximum absolute atomic E-state index is 12.0. The summed E-state index contributed by atoms with van der Waals surface area (Å²) < 4.78 is 25.9. The van der Waals surface area contributed by atoms with Crippen LogP contribution in [0.15, 0.2) is 29.2 Å². The SMILES string of the molecule is Cc1ccc(S(=O)(=O)NC(=O)CCC(=O)NOC(C)(C)C)cc1. The van der Waals surface area contributed by atoms with Crippen LogP contribution in [-0.2, 0) is 24.4 Å². The molecule has 0 radical (unpaired) electrons. The monoisotopic (exact) mass is 342 g/mol. The first-order valence-electron chi connectivity index (χ1n) is 7.09. The van der Waals surface area contributed by atoms with Crippen molar-refractivity contribution in [3.05, 3.63) is 29.8 Å². The third kappa shape index (κ3) is 7.25. The fraction of sp³-hybridized carbons (Fsp3) is 0.467. The third-order valence-electron chi connectivity index (χ3n) is 2.63. The number of amides is 2. The Bertz CT molecular complexity index is 660. The lowest BCUT2D eigenvalue weighted by atomic mass is 10.2. The summed E-state index contributed by atoms with van der Waals surface area (Å²) in [6, 6.07) is 6.09. The quantitative estimate of drug-likeness (QED) is 0.762. The molecule has 0 aromatic heterocycles. The number of aryl methyl sites for hydroxylation is 1. The van der Waals surface area contributed by atoms with Crippen molar-refractivity contribution >= 4 is 21.8 Å². The summed E-state index contributed by atoms with van der Waals surface area (Å²) >= 11 is 0. The molecule has 0 heterocycles. The third-order valence-corrected chi connectivity index (χ3v) is 4.02. The maximum Gasteiger partial charge on any atom is 0.264 e. The van der Waals surface area contributed by atoms with Crippen LogP contribution >= 0.6 is 0 Å². The molecule has 7 nitrogen and oxygen atoms in total. The molecule has 0 aliphatic rings. The van der Waals surface area contributed by atoms with Gasteiger partial charge in [0.2, 0.25) is 11.8 Å². The minimum absolute atomic E-state index is 0.00281. The van der Waals surface area contributed by atoms with E-state index in [1.54, 1.807) is 32.9 Å². The van der Waals surface area contributed by atoms with E-state index >= 15 is 0 Å². The van der Waals surface area contributed by atoms with Crippen molar-refractivity contribution in [2.75, 3.05) is 0 Å². The van der Waals surface area contributed by atoms with Crippen LogP contribution in [0.25, 0.3) is 0 Å². The van der Waals surface area contributed by atoms with Gasteiger partial charge in [0.1, 0.15) is 0 Å². The van der Waals surface area contributed by atoms with Crippen molar-refractivity contribution < 1.29 is 22.8 Å². The molecule has 23 heavy (non-hydrogen) atoms. The number of hydrogen-bond acceptors (Lipinski definition) is 5. The van der Waals surface area contributed by atoms with E-state index in [2.05, 4.69) is 5.48 Å².